The number of carboxylic acid groups (broad SMARTS) is 1. The van der Waals surface area contributed by atoms with Gasteiger partial charge in [0, 0.05) is 0 Å². The summed E-state index contributed by atoms with van der Waals surface area (Å²) in [6.07, 6.45) is 2.73. The number of nitrogens with zero attached hydrogens (tertiary/aromatic N) is 1. The second-order valence-electron chi connectivity index (χ2n) is 8.42. The molecule has 1 aliphatic rings. The minimum Gasteiger partial charge on any atom is -0.480 e. The predicted octanol–water partition coefficient (Wildman–Crippen LogP) is 5.99. The number of piperidine rings is 1. The molecule has 0 saturated carbocycles. The molecule has 4 rings (SSSR count). The highest BCUT2D eigenvalue weighted by Gasteiger charge is 2.35. The van der Waals surface area contributed by atoms with Crippen molar-refractivity contribution in [2.75, 3.05) is 6.54 Å². The van der Waals surface area contributed by atoms with E-state index in [-0.39, 0.29) is 6.04 Å². The van der Waals surface area contributed by atoms with Crippen LogP contribution in [-0.4, -0.2) is 28.6 Å². The van der Waals surface area contributed by atoms with Crippen molar-refractivity contribution in [2.24, 2.45) is 0 Å². The zero-order valence-corrected chi connectivity index (χ0v) is 17.2. The summed E-state index contributed by atoms with van der Waals surface area (Å²) in [6.45, 7) is 5.20. The second-order valence-corrected chi connectivity index (χ2v) is 8.42. The van der Waals surface area contributed by atoms with Crippen LogP contribution in [0.3, 0.4) is 0 Å². The fourth-order valence-electron chi connectivity index (χ4n) is 4.54. The van der Waals surface area contributed by atoms with Gasteiger partial charge in [0.1, 0.15) is 6.04 Å². The maximum Gasteiger partial charge on any atom is 0.320 e. The van der Waals surface area contributed by atoms with E-state index < -0.39 is 12.0 Å². The molecule has 0 amide bonds. The molecule has 1 heterocycles. The average Bonchev–Trinajstić information content (AvgIpc) is 2.74. The Bertz CT molecular complexity index is 993. The van der Waals surface area contributed by atoms with E-state index in [0.717, 1.165) is 30.5 Å². The standard InChI is InChI=1S/C26H29NO2/c1-18(2)19-10-13-21(14-11-19)25(27-16-6-5-9-24(27)26(28)29)23-15-12-20-7-3-4-8-22(20)17-23/h3-4,7-8,10-15,17-18,24-25H,5-6,9,16H2,1-2H3,(H,28,29). The number of hydrogen-bond donors (Lipinski definition) is 1. The molecule has 1 fully saturated rings. The molecule has 150 valence electrons. The van der Waals surface area contributed by atoms with Crippen molar-refractivity contribution in [3.8, 4) is 0 Å². The smallest absolute Gasteiger partial charge is 0.320 e. The summed E-state index contributed by atoms with van der Waals surface area (Å²) in [4.78, 5) is 14.2. The van der Waals surface area contributed by atoms with Crippen LogP contribution in [0, 0.1) is 0 Å². The van der Waals surface area contributed by atoms with Gasteiger partial charge < -0.3 is 5.11 Å². The first-order chi connectivity index (χ1) is 14.0. The van der Waals surface area contributed by atoms with Crippen LogP contribution in [0.4, 0.5) is 0 Å². The topological polar surface area (TPSA) is 40.5 Å². The lowest BCUT2D eigenvalue weighted by atomic mass is 9.89. The molecular weight excluding hydrogens is 358 g/mol. The van der Waals surface area contributed by atoms with Gasteiger partial charge in [0.2, 0.25) is 0 Å². The summed E-state index contributed by atoms with van der Waals surface area (Å²) in [5.41, 5.74) is 3.63. The Labute approximate surface area is 173 Å². The largest absolute Gasteiger partial charge is 0.480 e. The van der Waals surface area contributed by atoms with Crippen molar-refractivity contribution in [1.29, 1.82) is 0 Å². The third-order valence-corrected chi connectivity index (χ3v) is 6.17. The number of hydrogen-bond acceptors (Lipinski definition) is 2. The van der Waals surface area contributed by atoms with E-state index >= 15 is 0 Å². The fourth-order valence-corrected chi connectivity index (χ4v) is 4.54. The van der Waals surface area contributed by atoms with Gasteiger partial charge in [-0.25, -0.2) is 0 Å². The number of likely N-dealkylation sites (tertiary alicyclic amines) is 1. The van der Waals surface area contributed by atoms with Crippen LogP contribution in [0.25, 0.3) is 10.8 Å². The van der Waals surface area contributed by atoms with Gasteiger partial charge in [-0.15, -0.1) is 0 Å². The van der Waals surface area contributed by atoms with Crippen molar-refractivity contribution in [3.05, 3.63) is 83.4 Å². The zero-order chi connectivity index (χ0) is 20.4. The molecule has 3 heteroatoms. The summed E-state index contributed by atoms with van der Waals surface area (Å²) < 4.78 is 0. The van der Waals surface area contributed by atoms with Crippen molar-refractivity contribution < 1.29 is 9.90 Å². The van der Waals surface area contributed by atoms with E-state index in [4.69, 9.17) is 0 Å². The van der Waals surface area contributed by atoms with E-state index in [9.17, 15) is 9.90 Å². The first-order valence-electron chi connectivity index (χ1n) is 10.6. The molecular formula is C26H29NO2. The molecule has 3 aromatic carbocycles. The SMILES string of the molecule is CC(C)c1ccc(C(c2ccc3ccccc3c2)N2CCCCC2C(=O)O)cc1. The Kier molecular flexibility index (Phi) is 5.68. The van der Waals surface area contributed by atoms with Crippen LogP contribution < -0.4 is 0 Å². The Balaban J connectivity index is 1.82. The molecule has 0 spiro atoms. The van der Waals surface area contributed by atoms with Crippen molar-refractivity contribution in [3.63, 3.8) is 0 Å². The molecule has 0 bridgehead atoms. The predicted molar refractivity (Wildman–Crippen MR) is 118 cm³/mol. The molecule has 2 atom stereocenters. The van der Waals surface area contributed by atoms with Crippen LogP contribution in [-0.2, 0) is 4.79 Å². The van der Waals surface area contributed by atoms with Gasteiger partial charge in [-0.1, -0.05) is 80.9 Å². The molecule has 2 unspecified atom stereocenters. The Morgan fingerprint density at radius 2 is 1.55 bits per heavy atom. The summed E-state index contributed by atoms with van der Waals surface area (Å²) in [6, 6.07) is 23.1. The van der Waals surface area contributed by atoms with Gasteiger partial charge in [0.15, 0.2) is 0 Å². The molecule has 3 aromatic rings. The highest BCUT2D eigenvalue weighted by molar-refractivity contribution is 5.83. The molecule has 0 radical (unpaired) electrons. The zero-order valence-electron chi connectivity index (χ0n) is 17.2. The highest BCUT2D eigenvalue weighted by Crippen LogP contribution is 2.36. The van der Waals surface area contributed by atoms with Gasteiger partial charge in [0.25, 0.3) is 0 Å². The molecule has 1 aliphatic heterocycles. The maximum absolute atomic E-state index is 12.0. The molecule has 1 saturated heterocycles. The van der Waals surface area contributed by atoms with E-state index in [1.165, 1.54) is 16.3 Å². The molecule has 0 aromatic heterocycles. The Morgan fingerprint density at radius 1 is 0.897 bits per heavy atom. The number of benzene rings is 3. The lowest BCUT2D eigenvalue weighted by molar-refractivity contribution is -0.145. The number of fused-ring (bicyclic) bond motifs is 1. The van der Waals surface area contributed by atoms with Gasteiger partial charge in [0.05, 0.1) is 6.04 Å². The average molecular weight is 388 g/mol. The third-order valence-electron chi connectivity index (χ3n) is 6.17. The van der Waals surface area contributed by atoms with E-state index in [2.05, 4.69) is 85.5 Å². The minimum atomic E-state index is -0.714. The second kappa shape index (κ2) is 8.38. The first-order valence-corrected chi connectivity index (χ1v) is 10.6. The van der Waals surface area contributed by atoms with Crippen molar-refractivity contribution in [1.82, 2.24) is 4.90 Å². The number of carboxylic acids is 1. The normalized spacial score (nSPS) is 18.8. The number of rotatable bonds is 5. The Hall–Kier alpha value is -2.65. The van der Waals surface area contributed by atoms with Crippen molar-refractivity contribution in [2.45, 2.75) is 51.1 Å². The van der Waals surface area contributed by atoms with Crippen LogP contribution in [0.15, 0.2) is 66.7 Å². The van der Waals surface area contributed by atoms with E-state index in [1.807, 2.05) is 0 Å². The van der Waals surface area contributed by atoms with Gasteiger partial charge in [-0.2, -0.15) is 0 Å². The first kappa shape index (κ1) is 19.7. The summed E-state index contributed by atoms with van der Waals surface area (Å²) in [5.74, 6) is -0.237. The lowest BCUT2D eigenvalue weighted by Gasteiger charge is -2.39. The molecule has 29 heavy (non-hydrogen) atoms. The lowest BCUT2D eigenvalue weighted by Crippen LogP contribution is -2.46. The monoisotopic (exact) mass is 387 g/mol. The number of aliphatic carboxylic acids is 1. The van der Waals surface area contributed by atoms with E-state index in [0.29, 0.717) is 12.3 Å². The fraction of sp³-hybridized carbons (Fsp3) is 0.346. The van der Waals surface area contributed by atoms with Crippen LogP contribution in [0.2, 0.25) is 0 Å². The highest BCUT2D eigenvalue weighted by atomic mass is 16.4. The van der Waals surface area contributed by atoms with Gasteiger partial charge in [-0.3, -0.25) is 9.69 Å². The summed E-state index contributed by atoms with van der Waals surface area (Å²) in [7, 11) is 0. The minimum absolute atomic E-state index is 0.0535. The third kappa shape index (κ3) is 4.06. The molecule has 0 aliphatic carbocycles. The quantitative estimate of drug-likeness (QED) is 0.584. The number of carbonyl (C=O) groups is 1. The summed E-state index contributed by atoms with van der Waals surface area (Å²) >= 11 is 0. The molecule has 3 nitrogen and oxygen atoms in total. The van der Waals surface area contributed by atoms with Gasteiger partial charge >= 0.3 is 5.97 Å². The molecule has 1 N–H and O–H groups in total. The van der Waals surface area contributed by atoms with Crippen LogP contribution in [0.1, 0.15) is 61.8 Å². The summed E-state index contributed by atoms with van der Waals surface area (Å²) in [5, 5.41) is 12.3. The van der Waals surface area contributed by atoms with E-state index in [1.54, 1.807) is 0 Å². The van der Waals surface area contributed by atoms with Crippen LogP contribution >= 0.6 is 0 Å². The Morgan fingerprint density at radius 3 is 2.24 bits per heavy atom. The van der Waals surface area contributed by atoms with Gasteiger partial charge in [-0.05, 0) is 58.8 Å². The van der Waals surface area contributed by atoms with Crippen molar-refractivity contribution >= 4 is 16.7 Å². The van der Waals surface area contributed by atoms with Crippen LogP contribution in [0.5, 0.6) is 0 Å². The maximum atomic E-state index is 12.0.